The molecule has 0 aliphatic heterocycles. The van der Waals surface area contributed by atoms with E-state index < -0.39 is 12.0 Å². The standard InChI is InChI=1S/C6H12O5.CH4N2O/c7-1-5(2-8)3-11-4-6(9)10;2-1(3)4/h4-5,7-10H,1-3H2;(H4,2,3,4). The molecule has 15 heavy (non-hydrogen) atoms. The highest BCUT2D eigenvalue weighted by atomic mass is 16.5. The minimum Gasteiger partial charge on any atom is -0.493 e. The Balaban J connectivity index is 0. The number of carbonyl (C=O) groups excluding carboxylic acids is 1. The molecule has 0 spiro atoms. The van der Waals surface area contributed by atoms with Crippen molar-refractivity contribution in [3.63, 3.8) is 0 Å². The van der Waals surface area contributed by atoms with Crippen molar-refractivity contribution < 1.29 is 30.0 Å². The van der Waals surface area contributed by atoms with Crippen LogP contribution in [0.3, 0.4) is 0 Å². The monoisotopic (exact) mass is 224 g/mol. The molecular weight excluding hydrogens is 208 g/mol. The van der Waals surface area contributed by atoms with Crippen LogP contribution in [0.15, 0.2) is 12.2 Å². The SMILES string of the molecule is NC(N)=O.OCC(CO)COC=C(O)O. The molecule has 0 unspecified atom stereocenters. The van der Waals surface area contributed by atoms with Crippen molar-refractivity contribution in [2.24, 2.45) is 17.4 Å². The fourth-order valence-corrected chi connectivity index (χ4v) is 0.422. The highest BCUT2D eigenvalue weighted by Gasteiger charge is 2.04. The van der Waals surface area contributed by atoms with E-state index >= 15 is 0 Å². The summed E-state index contributed by atoms with van der Waals surface area (Å²) in [6.45, 7) is -0.343. The molecule has 0 rings (SSSR count). The van der Waals surface area contributed by atoms with Crippen LogP contribution in [-0.4, -0.2) is 46.3 Å². The van der Waals surface area contributed by atoms with Crippen LogP contribution in [0.1, 0.15) is 0 Å². The van der Waals surface area contributed by atoms with Crippen LogP contribution in [0.5, 0.6) is 0 Å². The van der Waals surface area contributed by atoms with E-state index in [2.05, 4.69) is 16.2 Å². The summed E-state index contributed by atoms with van der Waals surface area (Å²) in [6, 6.07) is -0.833. The Morgan fingerprint density at radius 3 is 1.93 bits per heavy atom. The van der Waals surface area contributed by atoms with Gasteiger partial charge in [0.15, 0.2) is 6.26 Å². The Bertz CT molecular complexity index is 184. The number of aliphatic hydroxyl groups excluding tert-OH is 3. The first-order chi connectivity index (χ1) is 6.93. The number of aliphatic hydroxyl groups is 4. The van der Waals surface area contributed by atoms with Gasteiger partial charge in [0.1, 0.15) is 0 Å². The molecule has 0 aliphatic carbocycles. The van der Waals surface area contributed by atoms with Gasteiger partial charge in [-0.3, -0.25) is 0 Å². The number of hydrogen-bond acceptors (Lipinski definition) is 6. The lowest BCUT2D eigenvalue weighted by atomic mass is 10.2. The van der Waals surface area contributed by atoms with E-state index in [1.54, 1.807) is 0 Å². The topological polar surface area (TPSA) is 159 Å². The van der Waals surface area contributed by atoms with E-state index in [1.165, 1.54) is 0 Å². The van der Waals surface area contributed by atoms with Gasteiger partial charge < -0.3 is 36.6 Å². The van der Waals surface area contributed by atoms with Crippen LogP contribution in [0, 0.1) is 5.92 Å². The summed E-state index contributed by atoms with van der Waals surface area (Å²) in [4.78, 5) is 9.00. The molecule has 90 valence electrons. The van der Waals surface area contributed by atoms with E-state index in [1.807, 2.05) is 0 Å². The quantitative estimate of drug-likeness (QED) is 0.313. The fourth-order valence-electron chi connectivity index (χ4n) is 0.422. The molecule has 0 saturated heterocycles. The third-order valence-electron chi connectivity index (χ3n) is 1.04. The van der Waals surface area contributed by atoms with Crippen LogP contribution in [-0.2, 0) is 4.74 Å². The third-order valence-corrected chi connectivity index (χ3v) is 1.04. The summed E-state index contributed by atoms with van der Waals surface area (Å²) in [5, 5.41) is 33.4. The van der Waals surface area contributed by atoms with Gasteiger partial charge in [-0.2, -0.15) is 0 Å². The van der Waals surface area contributed by atoms with Crippen molar-refractivity contribution in [3.8, 4) is 0 Å². The van der Waals surface area contributed by atoms with Gasteiger partial charge in [0.05, 0.1) is 19.8 Å². The van der Waals surface area contributed by atoms with Crippen LogP contribution >= 0.6 is 0 Å². The van der Waals surface area contributed by atoms with E-state index in [0.29, 0.717) is 0 Å². The molecule has 0 aromatic heterocycles. The zero-order chi connectivity index (χ0) is 12.3. The lowest BCUT2D eigenvalue weighted by molar-refractivity contribution is 0.0748. The second-order valence-corrected chi connectivity index (χ2v) is 2.44. The average molecular weight is 224 g/mol. The zero-order valence-corrected chi connectivity index (χ0v) is 8.04. The first-order valence-corrected chi connectivity index (χ1v) is 3.90. The van der Waals surface area contributed by atoms with Crippen LogP contribution < -0.4 is 11.5 Å². The number of amides is 2. The van der Waals surface area contributed by atoms with Gasteiger partial charge in [-0.25, -0.2) is 4.79 Å². The summed E-state index contributed by atoms with van der Waals surface area (Å²) in [5.41, 5.74) is 8.50. The number of urea groups is 1. The van der Waals surface area contributed by atoms with E-state index in [0.717, 1.165) is 6.26 Å². The predicted octanol–water partition coefficient (Wildman–Crippen LogP) is -1.46. The Morgan fingerprint density at radius 2 is 1.67 bits per heavy atom. The number of nitrogens with two attached hydrogens (primary N) is 2. The molecule has 0 aliphatic rings. The van der Waals surface area contributed by atoms with Crippen molar-refractivity contribution in [1.82, 2.24) is 0 Å². The Kier molecular flexibility index (Phi) is 11.0. The largest absolute Gasteiger partial charge is 0.493 e. The summed E-state index contributed by atoms with van der Waals surface area (Å²) >= 11 is 0. The van der Waals surface area contributed by atoms with Crippen LogP contribution in [0.25, 0.3) is 0 Å². The maximum absolute atomic E-state index is 9.00. The molecule has 2 amide bonds. The maximum Gasteiger partial charge on any atom is 0.310 e. The molecule has 8 nitrogen and oxygen atoms in total. The first kappa shape index (κ1) is 15.8. The van der Waals surface area contributed by atoms with E-state index in [-0.39, 0.29) is 25.7 Å². The molecule has 0 heterocycles. The second kappa shape index (κ2) is 10.4. The van der Waals surface area contributed by atoms with E-state index in [9.17, 15) is 0 Å². The summed E-state index contributed by atoms with van der Waals surface area (Å²) < 4.78 is 4.56. The molecule has 0 aromatic carbocycles. The molecule has 0 bridgehead atoms. The van der Waals surface area contributed by atoms with Gasteiger partial charge in [-0.05, 0) is 0 Å². The lowest BCUT2D eigenvalue weighted by Crippen LogP contribution is -2.18. The van der Waals surface area contributed by atoms with Gasteiger partial charge in [0.25, 0.3) is 0 Å². The zero-order valence-electron chi connectivity index (χ0n) is 8.04. The Morgan fingerprint density at radius 1 is 1.27 bits per heavy atom. The third kappa shape index (κ3) is 19.0. The van der Waals surface area contributed by atoms with Gasteiger partial charge >= 0.3 is 12.0 Å². The molecule has 8 heteroatoms. The predicted molar refractivity (Wildman–Crippen MR) is 50.7 cm³/mol. The molecule has 0 atom stereocenters. The molecule has 0 saturated carbocycles. The Labute approximate surface area is 86.4 Å². The number of carbonyl (C=O) groups is 1. The minimum absolute atomic E-state index is 0.0532. The minimum atomic E-state index is -0.931. The average Bonchev–Trinajstić information content (AvgIpc) is 2.11. The molecular formula is C7H16N2O6. The first-order valence-electron chi connectivity index (χ1n) is 3.90. The lowest BCUT2D eigenvalue weighted by Gasteiger charge is -2.08. The van der Waals surface area contributed by atoms with Crippen molar-refractivity contribution >= 4 is 6.03 Å². The number of ether oxygens (including phenoxy) is 1. The normalized spacial score (nSPS) is 8.73. The molecule has 0 aromatic rings. The smallest absolute Gasteiger partial charge is 0.310 e. The van der Waals surface area contributed by atoms with Crippen molar-refractivity contribution in [3.05, 3.63) is 12.2 Å². The van der Waals surface area contributed by atoms with Gasteiger partial charge in [0.2, 0.25) is 0 Å². The van der Waals surface area contributed by atoms with Crippen molar-refractivity contribution in [2.45, 2.75) is 0 Å². The van der Waals surface area contributed by atoms with Gasteiger partial charge in [0, 0.05) is 5.92 Å². The highest BCUT2D eigenvalue weighted by Crippen LogP contribution is 1.95. The summed E-state index contributed by atoms with van der Waals surface area (Å²) in [5.74, 6) is -1.31. The fraction of sp³-hybridized carbons (Fsp3) is 0.571. The van der Waals surface area contributed by atoms with Crippen molar-refractivity contribution in [2.75, 3.05) is 19.8 Å². The molecule has 0 radical (unpaired) electrons. The molecule has 0 fully saturated rings. The number of hydrogen-bond donors (Lipinski definition) is 6. The van der Waals surface area contributed by atoms with Gasteiger partial charge in [-0.1, -0.05) is 0 Å². The van der Waals surface area contributed by atoms with Crippen LogP contribution in [0.4, 0.5) is 4.79 Å². The Hall–Kier alpha value is -1.67. The maximum atomic E-state index is 9.00. The summed E-state index contributed by atoms with van der Waals surface area (Å²) in [6.07, 6.45) is 0.734. The van der Waals surface area contributed by atoms with Crippen LogP contribution in [0.2, 0.25) is 0 Å². The number of primary amides is 2. The van der Waals surface area contributed by atoms with Crippen molar-refractivity contribution in [1.29, 1.82) is 0 Å². The highest BCUT2D eigenvalue weighted by molar-refractivity contribution is 5.69. The second-order valence-electron chi connectivity index (χ2n) is 2.44. The summed E-state index contributed by atoms with van der Waals surface area (Å²) in [7, 11) is 0. The molecule has 8 N–H and O–H groups in total. The van der Waals surface area contributed by atoms with E-state index in [4.69, 9.17) is 25.2 Å². The van der Waals surface area contributed by atoms with Gasteiger partial charge in [-0.15, -0.1) is 0 Å². The number of rotatable bonds is 5.